The van der Waals surface area contributed by atoms with Crippen LogP contribution in [0, 0.1) is 5.92 Å². The molecule has 19 heavy (non-hydrogen) atoms. The highest BCUT2D eigenvalue weighted by Crippen LogP contribution is 2.42. The normalized spacial score (nSPS) is 27.6. The fraction of sp³-hybridized carbons (Fsp3) is 0.562. The molecule has 0 saturated carbocycles. The number of carbonyl (C=O) groups is 1. The Bertz CT molecular complexity index is 479. The van der Waals surface area contributed by atoms with Crippen molar-refractivity contribution in [2.75, 3.05) is 13.1 Å². The molecule has 3 heteroatoms. The Kier molecular flexibility index (Phi) is 3.31. The van der Waals surface area contributed by atoms with E-state index in [0.717, 1.165) is 13.1 Å². The van der Waals surface area contributed by atoms with Gasteiger partial charge in [-0.05, 0) is 35.8 Å². The highest BCUT2D eigenvalue weighted by atomic mass is 16.4. The first-order valence-corrected chi connectivity index (χ1v) is 7.20. The number of fused-ring (bicyclic) bond motifs is 1. The highest BCUT2D eigenvalue weighted by molar-refractivity contribution is 5.67. The van der Waals surface area contributed by atoms with E-state index >= 15 is 0 Å². The molecule has 3 rings (SSSR count). The monoisotopic (exact) mass is 259 g/mol. The van der Waals surface area contributed by atoms with Gasteiger partial charge in [-0.25, -0.2) is 0 Å². The van der Waals surface area contributed by atoms with Gasteiger partial charge in [-0.15, -0.1) is 0 Å². The van der Waals surface area contributed by atoms with E-state index in [1.165, 1.54) is 24.0 Å². The van der Waals surface area contributed by atoms with Gasteiger partial charge in [0, 0.05) is 19.1 Å². The van der Waals surface area contributed by atoms with Crippen LogP contribution in [0.3, 0.4) is 0 Å². The minimum Gasteiger partial charge on any atom is -0.481 e. The van der Waals surface area contributed by atoms with Crippen LogP contribution in [0.5, 0.6) is 0 Å². The minimum atomic E-state index is -0.665. The van der Waals surface area contributed by atoms with Crippen LogP contribution in [0.4, 0.5) is 0 Å². The third-order valence-corrected chi connectivity index (χ3v) is 4.65. The molecule has 1 saturated heterocycles. The lowest BCUT2D eigenvalue weighted by molar-refractivity contribution is -0.140. The number of likely N-dealkylation sites (tertiary alicyclic amines) is 1. The Balaban J connectivity index is 1.71. The number of benzene rings is 1. The van der Waals surface area contributed by atoms with Crippen LogP contribution in [-0.4, -0.2) is 29.1 Å². The number of rotatable bonds is 3. The summed E-state index contributed by atoms with van der Waals surface area (Å²) in [6.07, 6.45) is 2.76. The highest BCUT2D eigenvalue weighted by Gasteiger charge is 2.36. The van der Waals surface area contributed by atoms with Crippen molar-refractivity contribution in [3.05, 3.63) is 35.4 Å². The van der Waals surface area contributed by atoms with Gasteiger partial charge in [-0.2, -0.15) is 0 Å². The quantitative estimate of drug-likeness (QED) is 0.907. The lowest BCUT2D eigenvalue weighted by atomic mass is 9.78. The minimum absolute atomic E-state index is 0.321. The summed E-state index contributed by atoms with van der Waals surface area (Å²) in [5, 5.41) is 8.82. The summed E-state index contributed by atoms with van der Waals surface area (Å²) >= 11 is 0. The Morgan fingerprint density at radius 3 is 2.63 bits per heavy atom. The first-order valence-electron chi connectivity index (χ1n) is 7.20. The molecule has 1 aliphatic carbocycles. The Labute approximate surface area is 114 Å². The average molecular weight is 259 g/mol. The molecule has 0 radical (unpaired) electrons. The lowest BCUT2D eigenvalue weighted by Crippen LogP contribution is -2.49. The Morgan fingerprint density at radius 1 is 1.26 bits per heavy atom. The molecule has 1 N–H and O–H groups in total. The fourth-order valence-corrected chi connectivity index (χ4v) is 3.60. The van der Waals surface area contributed by atoms with Crippen molar-refractivity contribution >= 4 is 5.97 Å². The van der Waals surface area contributed by atoms with Gasteiger partial charge in [0.05, 0.1) is 6.42 Å². The summed E-state index contributed by atoms with van der Waals surface area (Å²) in [6.45, 7) is 4.19. The van der Waals surface area contributed by atoms with Crippen LogP contribution in [0.25, 0.3) is 0 Å². The standard InChI is InChI=1S/C16H21NO2/c1-11-6-7-15(14-5-3-2-4-13(11)14)17-9-12(10-17)8-16(18)19/h2-5,11-12,15H,6-10H2,1H3,(H,18,19). The summed E-state index contributed by atoms with van der Waals surface area (Å²) in [5.41, 5.74) is 2.95. The smallest absolute Gasteiger partial charge is 0.303 e. The second-order valence-corrected chi connectivity index (χ2v) is 6.04. The van der Waals surface area contributed by atoms with Crippen molar-refractivity contribution in [3.8, 4) is 0 Å². The summed E-state index contributed by atoms with van der Waals surface area (Å²) in [5.74, 6) is 0.342. The van der Waals surface area contributed by atoms with Crippen molar-refractivity contribution in [2.45, 2.75) is 38.1 Å². The number of nitrogens with zero attached hydrogens (tertiary/aromatic N) is 1. The second-order valence-electron chi connectivity index (χ2n) is 6.04. The van der Waals surface area contributed by atoms with Gasteiger partial charge in [0.1, 0.15) is 0 Å². The van der Waals surface area contributed by atoms with E-state index in [1.807, 2.05) is 0 Å². The number of aliphatic carboxylic acids is 1. The van der Waals surface area contributed by atoms with E-state index in [-0.39, 0.29) is 0 Å². The predicted molar refractivity (Wildman–Crippen MR) is 74.1 cm³/mol. The van der Waals surface area contributed by atoms with E-state index < -0.39 is 5.97 Å². The van der Waals surface area contributed by atoms with Crippen LogP contribution < -0.4 is 0 Å². The molecule has 1 aromatic carbocycles. The van der Waals surface area contributed by atoms with E-state index in [0.29, 0.717) is 24.3 Å². The molecule has 0 aromatic heterocycles. The van der Waals surface area contributed by atoms with Gasteiger partial charge in [-0.3, -0.25) is 9.69 Å². The molecule has 1 aliphatic heterocycles. The third-order valence-electron chi connectivity index (χ3n) is 4.65. The Morgan fingerprint density at radius 2 is 1.95 bits per heavy atom. The first-order chi connectivity index (χ1) is 9.15. The predicted octanol–water partition coefficient (Wildman–Crippen LogP) is 3.03. The summed E-state index contributed by atoms with van der Waals surface area (Å²) in [7, 11) is 0. The van der Waals surface area contributed by atoms with Crippen LogP contribution in [-0.2, 0) is 4.79 Å². The number of hydrogen-bond acceptors (Lipinski definition) is 2. The van der Waals surface area contributed by atoms with Crippen LogP contribution in [0.1, 0.15) is 49.3 Å². The zero-order valence-electron chi connectivity index (χ0n) is 11.4. The molecule has 0 bridgehead atoms. The van der Waals surface area contributed by atoms with Crippen molar-refractivity contribution in [3.63, 3.8) is 0 Å². The molecule has 2 aliphatic rings. The third kappa shape index (κ3) is 2.39. The van der Waals surface area contributed by atoms with Crippen molar-refractivity contribution in [1.82, 2.24) is 4.90 Å². The summed E-state index contributed by atoms with van der Waals surface area (Å²) in [4.78, 5) is 13.2. The van der Waals surface area contributed by atoms with Crippen molar-refractivity contribution in [1.29, 1.82) is 0 Å². The largest absolute Gasteiger partial charge is 0.481 e. The molecule has 0 amide bonds. The van der Waals surface area contributed by atoms with Gasteiger partial charge in [-0.1, -0.05) is 31.2 Å². The maximum atomic E-state index is 10.7. The van der Waals surface area contributed by atoms with Crippen LogP contribution in [0.2, 0.25) is 0 Å². The maximum Gasteiger partial charge on any atom is 0.303 e. The SMILES string of the molecule is CC1CCC(N2CC(CC(=O)O)C2)c2ccccc21. The van der Waals surface area contributed by atoms with E-state index in [9.17, 15) is 4.79 Å². The van der Waals surface area contributed by atoms with Crippen molar-refractivity contribution < 1.29 is 9.90 Å². The van der Waals surface area contributed by atoms with E-state index in [2.05, 4.69) is 36.1 Å². The molecule has 102 valence electrons. The summed E-state index contributed by atoms with van der Waals surface area (Å²) in [6, 6.07) is 9.26. The zero-order chi connectivity index (χ0) is 13.4. The van der Waals surface area contributed by atoms with Gasteiger partial charge < -0.3 is 5.11 Å². The molecule has 1 fully saturated rings. The number of hydrogen-bond donors (Lipinski definition) is 1. The van der Waals surface area contributed by atoms with Gasteiger partial charge >= 0.3 is 5.97 Å². The molecule has 2 atom stereocenters. The fourth-order valence-electron chi connectivity index (χ4n) is 3.60. The molecule has 1 aromatic rings. The molecule has 1 heterocycles. The number of carboxylic acid groups (broad SMARTS) is 1. The topological polar surface area (TPSA) is 40.5 Å². The molecular weight excluding hydrogens is 238 g/mol. The first kappa shape index (κ1) is 12.7. The van der Waals surface area contributed by atoms with E-state index in [4.69, 9.17) is 5.11 Å². The molecule has 0 spiro atoms. The maximum absolute atomic E-state index is 10.7. The number of carboxylic acids is 1. The molecule has 2 unspecified atom stereocenters. The Hall–Kier alpha value is -1.35. The van der Waals surface area contributed by atoms with Crippen LogP contribution in [0.15, 0.2) is 24.3 Å². The molecule has 3 nitrogen and oxygen atoms in total. The van der Waals surface area contributed by atoms with Crippen LogP contribution >= 0.6 is 0 Å². The lowest BCUT2D eigenvalue weighted by Gasteiger charge is -2.46. The van der Waals surface area contributed by atoms with Gasteiger partial charge in [0.15, 0.2) is 0 Å². The van der Waals surface area contributed by atoms with Gasteiger partial charge in [0.25, 0.3) is 0 Å². The van der Waals surface area contributed by atoms with Gasteiger partial charge in [0.2, 0.25) is 0 Å². The average Bonchev–Trinajstić information content (AvgIpc) is 2.35. The zero-order valence-corrected chi connectivity index (χ0v) is 11.4. The van der Waals surface area contributed by atoms with E-state index in [1.54, 1.807) is 0 Å². The summed E-state index contributed by atoms with van der Waals surface area (Å²) < 4.78 is 0. The second kappa shape index (κ2) is 4.97. The van der Waals surface area contributed by atoms with Crippen molar-refractivity contribution in [2.24, 2.45) is 5.92 Å². The molecular formula is C16H21NO2.